The van der Waals surface area contributed by atoms with Crippen LogP contribution < -0.4 is 0 Å². The van der Waals surface area contributed by atoms with Crippen LogP contribution in [0, 0.1) is 0 Å². The average molecular weight is 259 g/mol. The number of morpholine rings is 1. The van der Waals surface area contributed by atoms with Crippen LogP contribution in [0.15, 0.2) is 30.3 Å². The van der Waals surface area contributed by atoms with Gasteiger partial charge in [-0.1, -0.05) is 43.2 Å². The van der Waals surface area contributed by atoms with Crippen molar-refractivity contribution in [3.8, 4) is 0 Å². The van der Waals surface area contributed by atoms with Gasteiger partial charge in [-0.15, -0.1) is 0 Å². The van der Waals surface area contributed by atoms with Gasteiger partial charge in [-0.2, -0.15) is 0 Å². The number of hydrogen-bond acceptors (Lipinski definition) is 2. The zero-order valence-corrected chi connectivity index (χ0v) is 11.3. The van der Waals surface area contributed by atoms with Crippen molar-refractivity contribution in [1.29, 1.82) is 0 Å². The number of hydrogen-bond donors (Lipinski definition) is 0. The molecule has 3 nitrogen and oxygen atoms in total. The highest BCUT2D eigenvalue weighted by Gasteiger charge is 2.36. The van der Waals surface area contributed by atoms with Gasteiger partial charge in [-0.05, 0) is 18.4 Å². The van der Waals surface area contributed by atoms with E-state index in [1.54, 1.807) is 0 Å². The minimum Gasteiger partial charge on any atom is -0.374 e. The molecule has 1 saturated carbocycles. The maximum atomic E-state index is 12.5. The van der Waals surface area contributed by atoms with Gasteiger partial charge in [0.15, 0.2) is 0 Å². The predicted octanol–water partition coefficient (Wildman–Crippen LogP) is 2.40. The Hall–Kier alpha value is -1.35. The van der Waals surface area contributed by atoms with Crippen molar-refractivity contribution in [3.05, 3.63) is 35.9 Å². The zero-order valence-electron chi connectivity index (χ0n) is 11.3. The van der Waals surface area contributed by atoms with Gasteiger partial charge in [-0.25, -0.2) is 0 Å². The first-order chi connectivity index (χ1) is 9.34. The van der Waals surface area contributed by atoms with Crippen LogP contribution in [-0.4, -0.2) is 36.1 Å². The van der Waals surface area contributed by atoms with Gasteiger partial charge in [0.2, 0.25) is 5.91 Å². The normalized spacial score (nSPS) is 26.8. The number of rotatable bonds is 2. The summed E-state index contributed by atoms with van der Waals surface area (Å²) in [5, 5.41) is 0. The largest absolute Gasteiger partial charge is 0.374 e. The molecular formula is C16H21NO2. The minimum atomic E-state index is 0.256. The van der Waals surface area contributed by atoms with E-state index in [1.807, 2.05) is 30.3 Å². The molecule has 1 amide bonds. The zero-order chi connectivity index (χ0) is 13.1. The van der Waals surface area contributed by atoms with E-state index in [-0.39, 0.29) is 12.0 Å². The molecule has 0 bridgehead atoms. The molecular weight excluding hydrogens is 238 g/mol. The first kappa shape index (κ1) is 12.7. The Morgan fingerprint density at radius 3 is 2.84 bits per heavy atom. The fraction of sp³-hybridized carbons (Fsp3) is 0.562. The van der Waals surface area contributed by atoms with Crippen LogP contribution in [0.3, 0.4) is 0 Å². The molecule has 1 heterocycles. The Bertz CT molecular complexity index is 430. The summed E-state index contributed by atoms with van der Waals surface area (Å²) in [7, 11) is 0. The Morgan fingerprint density at radius 1 is 1.21 bits per heavy atom. The van der Waals surface area contributed by atoms with Crippen molar-refractivity contribution in [2.24, 2.45) is 0 Å². The van der Waals surface area contributed by atoms with E-state index in [2.05, 4.69) is 4.90 Å². The van der Waals surface area contributed by atoms with Crippen LogP contribution in [0.5, 0.6) is 0 Å². The maximum absolute atomic E-state index is 12.5. The highest BCUT2D eigenvalue weighted by Crippen LogP contribution is 2.28. The van der Waals surface area contributed by atoms with Gasteiger partial charge in [0.1, 0.15) is 0 Å². The molecule has 0 N–H and O–H groups in total. The summed E-state index contributed by atoms with van der Waals surface area (Å²) in [6, 6.07) is 10.3. The second kappa shape index (κ2) is 5.74. The molecule has 0 spiro atoms. The lowest BCUT2D eigenvalue weighted by Gasteiger charge is -2.43. The standard InChI is InChI=1S/C16H21NO2/c18-16(12-13-6-2-1-3-7-13)17-10-11-19-15-9-5-4-8-14(15)17/h1-3,6-7,14-15H,4-5,8-12H2/t14-,15+/m0/s1. The third-order valence-corrected chi connectivity index (χ3v) is 4.25. The first-order valence-corrected chi connectivity index (χ1v) is 7.29. The lowest BCUT2D eigenvalue weighted by Crippen LogP contribution is -2.55. The SMILES string of the molecule is O=C(Cc1ccccc1)N1CCO[C@@H]2CCCC[C@@H]21. The van der Waals surface area contributed by atoms with Gasteiger partial charge in [0.25, 0.3) is 0 Å². The molecule has 1 aromatic carbocycles. The number of ether oxygens (including phenoxy) is 1. The maximum Gasteiger partial charge on any atom is 0.227 e. The summed E-state index contributed by atoms with van der Waals surface area (Å²) in [4.78, 5) is 14.6. The monoisotopic (exact) mass is 259 g/mol. The second-order valence-electron chi connectivity index (χ2n) is 5.51. The van der Waals surface area contributed by atoms with Crippen molar-refractivity contribution in [1.82, 2.24) is 4.90 Å². The van der Waals surface area contributed by atoms with Crippen LogP contribution >= 0.6 is 0 Å². The summed E-state index contributed by atoms with van der Waals surface area (Å²) < 4.78 is 5.82. The van der Waals surface area contributed by atoms with Crippen molar-refractivity contribution in [2.45, 2.75) is 44.2 Å². The molecule has 1 aliphatic heterocycles. The number of carbonyl (C=O) groups is 1. The van der Waals surface area contributed by atoms with E-state index in [9.17, 15) is 4.79 Å². The smallest absolute Gasteiger partial charge is 0.227 e. The van der Waals surface area contributed by atoms with Crippen LogP contribution in [0.1, 0.15) is 31.2 Å². The van der Waals surface area contributed by atoms with Crippen molar-refractivity contribution in [2.75, 3.05) is 13.2 Å². The molecule has 0 aromatic heterocycles. The van der Waals surface area contributed by atoms with Crippen LogP contribution in [0.2, 0.25) is 0 Å². The summed E-state index contributed by atoms with van der Waals surface area (Å²) in [5.41, 5.74) is 1.10. The fourth-order valence-electron chi connectivity index (χ4n) is 3.28. The fourth-order valence-corrected chi connectivity index (χ4v) is 3.28. The van der Waals surface area contributed by atoms with Crippen LogP contribution in [0.25, 0.3) is 0 Å². The van der Waals surface area contributed by atoms with E-state index in [0.29, 0.717) is 19.1 Å². The molecule has 3 heteroatoms. The van der Waals surface area contributed by atoms with Gasteiger partial charge in [-0.3, -0.25) is 4.79 Å². The van der Waals surface area contributed by atoms with Crippen molar-refractivity contribution >= 4 is 5.91 Å². The minimum absolute atomic E-state index is 0.256. The van der Waals surface area contributed by atoms with Gasteiger partial charge < -0.3 is 9.64 Å². The second-order valence-corrected chi connectivity index (χ2v) is 5.51. The number of amides is 1. The lowest BCUT2D eigenvalue weighted by atomic mass is 9.90. The molecule has 102 valence electrons. The van der Waals surface area contributed by atoms with Gasteiger partial charge in [0, 0.05) is 6.54 Å². The Labute approximate surface area is 114 Å². The van der Waals surface area contributed by atoms with Gasteiger partial charge >= 0.3 is 0 Å². The molecule has 3 rings (SSSR count). The van der Waals surface area contributed by atoms with E-state index < -0.39 is 0 Å². The molecule has 1 saturated heterocycles. The third kappa shape index (κ3) is 2.81. The van der Waals surface area contributed by atoms with Crippen molar-refractivity contribution < 1.29 is 9.53 Å². The van der Waals surface area contributed by atoms with Crippen molar-refractivity contribution in [3.63, 3.8) is 0 Å². The highest BCUT2D eigenvalue weighted by molar-refractivity contribution is 5.79. The quantitative estimate of drug-likeness (QED) is 0.816. The summed E-state index contributed by atoms with van der Waals surface area (Å²) >= 11 is 0. The number of nitrogens with zero attached hydrogens (tertiary/aromatic N) is 1. The van der Waals surface area contributed by atoms with E-state index in [0.717, 1.165) is 24.9 Å². The molecule has 2 aliphatic rings. The molecule has 19 heavy (non-hydrogen) atoms. The molecule has 0 unspecified atom stereocenters. The first-order valence-electron chi connectivity index (χ1n) is 7.29. The summed E-state index contributed by atoms with van der Waals surface area (Å²) in [6.45, 7) is 1.45. The highest BCUT2D eigenvalue weighted by atomic mass is 16.5. The van der Waals surface area contributed by atoms with Crippen LogP contribution in [0.4, 0.5) is 0 Å². The van der Waals surface area contributed by atoms with Crippen LogP contribution in [-0.2, 0) is 16.0 Å². The van der Waals surface area contributed by atoms with E-state index >= 15 is 0 Å². The molecule has 1 aromatic rings. The van der Waals surface area contributed by atoms with Gasteiger partial charge in [0.05, 0.1) is 25.2 Å². The van der Waals surface area contributed by atoms with E-state index in [1.165, 1.54) is 12.8 Å². The molecule has 2 fully saturated rings. The topological polar surface area (TPSA) is 29.5 Å². The lowest BCUT2D eigenvalue weighted by molar-refractivity contribution is -0.148. The molecule has 1 aliphatic carbocycles. The van der Waals surface area contributed by atoms with E-state index in [4.69, 9.17) is 4.74 Å². The number of carbonyl (C=O) groups excluding carboxylic acids is 1. The Balaban J connectivity index is 1.68. The average Bonchev–Trinajstić information content (AvgIpc) is 2.47. The summed E-state index contributed by atoms with van der Waals surface area (Å²) in [5.74, 6) is 0.256. The number of benzene rings is 1. The summed E-state index contributed by atoms with van der Waals surface area (Å²) in [6.07, 6.45) is 5.47. The Kier molecular flexibility index (Phi) is 3.83. The Morgan fingerprint density at radius 2 is 2.00 bits per heavy atom. The number of fused-ring (bicyclic) bond motifs is 1. The molecule has 0 radical (unpaired) electrons. The molecule has 2 atom stereocenters. The predicted molar refractivity (Wildman–Crippen MR) is 73.9 cm³/mol. The third-order valence-electron chi connectivity index (χ3n) is 4.25.